The van der Waals surface area contributed by atoms with Crippen LogP contribution in [0.15, 0.2) is 12.1 Å². The Balaban J connectivity index is 2.39. The molecule has 2 rings (SSSR count). The summed E-state index contributed by atoms with van der Waals surface area (Å²) >= 11 is 0. The highest BCUT2D eigenvalue weighted by Gasteiger charge is 2.38. The largest absolute Gasteiger partial charge is 0.422 e. The number of pyridine rings is 1. The predicted molar refractivity (Wildman–Crippen MR) is 58.5 cm³/mol. The van der Waals surface area contributed by atoms with Crippen LogP contribution in [0.25, 0.3) is 0 Å². The smallest absolute Gasteiger partial charge is 0.319 e. The molecule has 1 aromatic heterocycles. The topological polar surface area (TPSA) is 43.4 Å². The predicted octanol–water partition coefficient (Wildman–Crippen LogP) is 2.09. The van der Waals surface area contributed by atoms with Crippen molar-refractivity contribution in [3.05, 3.63) is 17.7 Å². The van der Waals surface area contributed by atoms with Gasteiger partial charge in [-0.2, -0.15) is 13.2 Å². The van der Waals surface area contributed by atoms with Crippen molar-refractivity contribution >= 4 is 11.6 Å². The van der Waals surface area contributed by atoms with Gasteiger partial charge in [-0.3, -0.25) is 4.90 Å². The van der Waals surface area contributed by atoms with Gasteiger partial charge in [0.1, 0.15) is 5.56 Å². The molecule has 94 valence electrons. The number of nitrogen functional groups attached to an aromatic ring is 1. The van der Waals surface area contributed by atoms with Gasteiger partial charge in [0.25, 0.3) is 0 Å². The van der Waals surface area contributed by atoms with E-state index in [0.29, 0.717) is 13.1 Å². The number of nitrogens with one attached hydrogen (secondary N) is 1. The number of H-pyrrole nitrogens is 1. The highest BCUT2D eigenvalue weighted by Crippen LogP contribution is 2.35. The Morgan fingerprint density at radius 1 is 1.12 bits per heavy atom. The lowest BCUT2D eigenvalue weighted by Gasteiger charge is -2.25. The standard InChI is InChI=1S/C11H14F3N3/c12-11(13,14)8-4-5-9(15)16-10(8)17-6-2-1-3-7-17/h4-5H,1-3,6-7H2,(H2,15,16)/p+1. The normalized spacial score (nSPS) is 17.2. The minimum absolute atomic E-state index is 0.0946. The van der Waals surface area contributed by atoms with Gasteiger partial charge in [0.05, 0.1) is 13.1 Å². The summed E-state index contributed by atoms with van der Waals surface area (Å²) < 4.78 is 38.5. The number of hydrogen-bond donors (Lipinski definition) is 1. The van der Waals surface area contributed by atoms with Gasteiger partial charge >= 0.3 is 6.18 Å². The van der Waals surface area contributed by atoms with Gasteiger partial charge in [-0.1, -0.05) is 0 Å². The molecule has 1 aliphatic heterocycles. The van der Waals surface area contributed by atoms with Crippen molar-refractivity contribution < 1.29 is 18.2 Å². The van der Waals surface area contributed by atoms with Crippen molar-refractivity contribution in [2.24, 2.45) is 0 Å². The van der Waals surface area contributed by atoms with Gasteiger partial charge in [-0.15, -0.1) is 0 Å². The highest BCUT2D eigenvalue weighted by atomic mass is 19.4. The molecule has 0 amide bonds. The molecular weight excluding hydrogens is 231 g/mol. The second-order valence-corrected chi connectivity index (χ2v) is 4.22. The van der Waals surface area contributed by atoms with Gasteiger partial charge in [0.15, 0.2) is 0 Å². The molecule has 0 aliphatic carbocycles. The molecule has 3 nitrogen and oxygen atoms in total. The second kappa shape index (κ2) is 4.43. The summed E-state index contributed by atoms with van der Waals surface area (Å²) in [4.78, 5) is 4.36. The van der Waals surface area contributed by atoms with Crippen molar-refractivity contribution in [3.63, 3.8) is 0 Å². The number of piperidine rings is 1. The number of rotatable bonds is 1. The fourth-order valence-electron chi connectivity index (χ4n) is 2.09. The van der Waals surface area contributed by atoms with Crippen LogP contribution in [0.2, 0.25) is 0 Å². The Morgan fingerprint density at radius 2 is 1.76 bits per heavy atom. The van der Waals surface area contributed by atoms with E-state index in [4.69, 9.17) is 5.73 Å². The molecule has 0 saturated carbocycles. The first-order valence-electron chi connectivity index (χ1n) is 5.62. The van der Waals surface area contributed by atoms with E-state index >= 15 is 0 Å². The second-order valence-electron chi connectivity index (χ2n) is 4.22. The van der Waals surface area contributed by atoms with Crippen molar-refractivity contribution in [3.8, 4) is 0 Å². The van der Waals surface area contributed by atoms with Gasteiger partial charge in [0, 0.05) is 6.07 Å². The van der Waals surface area contributed by atoms with Crippen molar-refractivity contribution in [1.82, 2.24) is 0 Å². The first-order valence-corrected chi connectivity index (χ1v) is 5.62. The summed E-state index contributed by atoms with van der Waals surface area (Å²) in [7, 11) is 0. The molecule has 1 fully saturated rings. The van der Waals surface area contributed by atoms with E-state index in [1.165, 1.54) is 6.07 Å². The minimum atomic E-state index is -4.35. The Hall–Kier alpha value is -1.46. The van der Waals surface area contributed by atoms with Gasteiger partial charge in [-0.05, 0) is 25.3 Å². The molecule has 0 bridgehead atoms. The summed E-state index contributed by atoms with van der Waals surface area (Å²) in [6.45, 7) is 1.28. The fourth-order valence-corrected chi connectivity index (χ4v) is 2.09. The van der Waals surface area contributed by atoms with Crippen LogP contribution in [0.3, 0.4) is 0 Å². The van der Waals surface area contributed by atoms with Gasteiger partial charge < -0.3 is 5.73 Å². The quantitative estimate of drug-likeness (QED) is 0.824. The van der Waals surface area contributed by atoms with Crippen LogP contribution in [0.4, 0.5) is 24.8 Å². The van der Waals surface area contributed by atoms with Crippen molar-refractivity contribution in [2.45, 2.75) is 25.4 Å². The number of nitrogens with zero attached hydrogens (tertiary/aromatic N) is 1. The molecule has 3 N–H and O–H groups in total. The molecule has 1 aromatic rings. The lowest BCUT2D eigenvalue weighted by molar-refractivity contribution is -0.349. The highest BCUT2D eigenvalue weighted by molar-refractivity contribution is 5.46. The summed E-state index contributed by atoms with van der Waals surface area (Å²) in [6.07, 6.45) is -1.45. The van der Waals surface area contributed by atoms with Crippen LogP contribution in [0, 0.1) is 0 Å². The molecule has 17 heavy (non-hydrogen) atoms. The van der Waals surface area contributed by atoms with E-state index < -0.39 is 11.7 Å². The Morgan fingerprint density at radius 3 is 2.35 bits per heavy atom. The maximum atomic E-state index is 12.8. The summed E-state index contributed by atoms with van der Waals surface area (Å²) in [5.41, 5.74) is 4.88. The minimum Gasteiger partial charge on any atom is -0.319 e. The third-order valence-electron chi connectivity index (χ3n) is 2.93. The fraction of sp³-hybridized carbons (Fsp3) is 0.545. The Bertz CT molecular complexity index is 397. The summed E-state index contributed by atoms with van der Waals surface area (Å²) in [5, 5.41) is 0. The number of anilines is 2. The lowest BCUT2D eigenvalue weighted by Crippen LogP contribution is -2.37. The zero-order chi connectivity index (χ0) is 12.5. The molecule has 1 saturated heterocycles. The van der Waals surface area contributed by atoms with E-state index in [1.54, 1.807) is 4.90 Å². The van der Waals surface area contributed by atoms with Crippen molar-refractivity contribution in [1.29, 1.82) is 0 Å². The lowest BCUT2D eigenvalue weighted by atomic mass is 10.1. The third-order valence-corrected chi connectivity index (χ3v) is 2.93. The zero-order valence-corrected chi connectivity index (χ0v) is 9.35. The van der Waals surface area contributed by atoms with Crippen LogP contribution in [-0.2, 0) is 6.18 Å². The van der Waals surface area contributed by atoms with E-state index in [2.05, 4.69) is 4.98 Å². The van der Waals surface area contributed by atoms with Crippen LogP contribution in [0.5, 0.6) is 0 Å². The molecule has 0 aromatic carbocycles. The number of aromatic amines is 1. The summed E-state index contributed by atoms with van der Waals surface area (Å²) in [6, 6.07) is 2.28. The molecule has 0 radical (unpaired) electrons. The number of hydrogen-bond acceptors (Lipinski definition) is 2. The number of alkyl halides is 3. The number of nitrogens with two attached hydrogens (primary N) is 1. The van der Waals surface area contributed by atoms with Crippen LogP contribution >= 0.6 is 0 Å². The SMILES string of the molecule is Nc1ccc(C(F)(F)F)c(N2CCCCC2)[nH+]1. The molecule has 6 heteroatoms. The number of aromatic nitrogens is 1. The van der Waals surface area contributed by atoms with Crippen LogP contribution in [0.1, 0.15) is 24.8 Å². The van der Waals surface area contributed by atoms with Crippen LogP contribution < -0.4 is 15.6 Å². The molecule has 2 heterocycles. The maximum Gasteiger partial charge on any atom is 0.422 e. The van der Waals surface area contributed by atoms with Crippen LogP contribution in [-0.4, -0.2) is 13.1 Å². The average Bonchev–Trinajstić information content (AvgIpc) is 2.28. The van der Waals surface area contributed by atoms with E-state index in [9.17, 15) is 13.2 Å². The Kier molecular flexibility index (Phi) is 3.13. The first-order chi connectivity index (χ1) is 7.98. The average molecular weight is 246 g/mol. The number of halogens is 3. The van der Waals surface area contributed by atoms with Crippen molar-refractivity contribution in [2.75, 3.05) is 23.7 Å². The third kappa shape index (κ3) is 2.62. The molecule has 0 spiro atoms. The van der Waals surface area contributed by atoms with Gasteiger partial charge in [0.2, 0.25) is 11.6 Å². The molecule has 0 atom stereocenters. The van der Waals surface area contributed by atoms with E-state index in [1.807, 2.05) is 0 Å². The Labute approximate surface area is 97.4 Å². The van der Waals surface area contributed by atoms with E-state index in [0.717, 1.165) is 25.3 Å². The first kappa shape index (κ1) is 12.0. The maximum absolute atomic E-state index is 12.8. The monoisotopic (exact) mass is 246 g/mol. The molecule has 1 aliphatic rings. The molecular formula is C11H15F3N3+. The summed E-state index contributed by atoms with van der Waals surface area (Å²) in [5.74, 6) is 0.343. The van der Waals surface area contributed by atoms with Gasteiger partial charge in [-0.25, -0.2) is 4.98 Å². The zero-order valence-electron chi connectivity index (χ0n) is 9.35. The van der Waals surface area contributed by atoms with E-state index in [-0.39, 0.29) is 11.6 Å². The molecule has 0 unspecified atom stereocenters.